The van der Waals surface area contributed by atoms with E-state index in [1.54, 1.807) is 36.0 Å². The molecule has 1 fully saturated rings. The topological polar surface area (TPSA) is 43.9 Å². The van der Waals surface area contributed by atoms with Crippen molar-refractivity contribution in [3.05, 3.63) is 71.5 Å². The molecule has 6 heteroatoms. The minimum absolute atomic E-state index is 0.00933. The fraction of sp³-hybridized carbons (Fsp3) is 0.333. The first-order valence-corrected chi connectivity index (χ1v) is 9.03. The standard InChI is InChI=1S/C21H24FN3O2/c1-23(2)21(27)19(16-8-4-3-5-9-16)24-12-14-25(15-13-24)20(26)17-10-6-7-11-18(17)22/h3-11,19H,12-15H2,1-2H3. The third kappa shape index (κ3) is 4.17. The van der Waals surface area contributed by atoms with E-state index >= 15 is 0 Å². The minimum Gasteiger partial charge on any atom is -0.347 e. The number of carbonyl (C=O) groups excluding carboxylic acids is 2. The first kappa shape index (κ1) is 19.0. The maximum absolute atomic E-state index is 13.9. The third-order valence-electron chi connectivity index (χ3n) is 4.86. The zero-order valence-electron chi connectivity index (χ0n) is 15.6. The maximum Gasteiger partial charge on any atom is 0.256 e. The van der Waals surface area contributed by atoms with Gasteiger partial charge in [0.05, 0.1) is 5.56 Å². The average Bonchev–Trinajstić information content (AvgIpc) is 2.69. The summed E-state index contributed by atoms with van der Waals surface area (Å²) in [5, 5.41) is 0. The lowest BCUT2D eigenvalue weighted by Crippen LogP contribution is -2.52. The summed E-state index contributed by atoms with van der Waals surface area (Å²) in [6, 6.07) is 15.3. The summed E-state index contributed by atoms with van der Waals surface area (Å²) in [5.41, 5.74) is 1.03. The van der Waals surface area contributed by atoms with Gasteiger partial charge in [0.1, 0.15) is 11.9 Å². The quantitative estimate of drug-likeness (QED) is 0.831. The predicted molar refractivity (Wildman–Crippen MR) is 102 cm³/mol. The number of piperazine rings is 1. The molecule has 1 unspecified atom stereocenters. The predicted octanol–water partition coefficient (Wildman–Crippen LogP) is 2.41. The molecule has 0 radical (unpaired) electrons. The maximum atomic E-state index is 13.9. The van der Waals surface area contributed by atoms with Crippen molar-refractivity contribution >= 4 is 11.8 Å². The molecule has 0 saturated carbocycles. The Balaban J connectivity index is 1.73. The summed E-state index contributed by atoms with van der Waals surface area (Å²) >= 11 is 0. The molecule has 2 aromatic rings. The van der Waals surface area contributed by atoms with Crippen molar-refractivity contribution < 1.29 is 14.0 Å². The molecule has 2 aromatic carbocycles. The van der Waals surface area contributed by atoms with Crippen molar-refractivity contribution in [2.45, 2.75) is 6.04 Å². The summed E-state index contributed by atoms with van der Waals surface area (Å²) in [6.07, 6.45) is 0. The zero-order chi connectivity index (χ0) is 19.4. The number of hydrogen-bond donors (Lipinski definition) is 0. The van der Waals surface area contributed by atoms with Gasteiger partial charge in [-0.25, -0.2) is 4.39 Å². The Kier molecular flexibility index (Phi) is 5.86. The van der Waals surface area contributed by atoms with E-state index < -0.39 is 5.82 Å². The monoisotopic (exact) mass is 369 g/mol. The molecule has 1 atom stereocenters. The third-order valence-corrected chi connectivity index (χ3v) is 4.86. The van der Waals surface area contributed by atoms with E-state index in [0.717, 1.165) is 5.56 Å². The van der Waals surface area contributed by atoms with Crippen LogP contribution in [0, 0.1) is 5.82 Å². The van der Waals surface area contributed by atoms with Crippen LogP contribution in [0.1, 0.15) is 22.0 Å². The molecule has 0 bridgehead atoms. The lowest BCUT2D eigenvalue weighted by atomic mass is 10.0. The van der Waals surface area contributed by atoms with Crippen molar-refractivity contribution in [3.8, 4) is 0 Å². The summed E-state index contributed by atoms with van der Waals surface area (Å²) in [5.74, 6) is -0.798. The van der Waals surface area contributed by atoms with E-state index in [2.05, 4.69) is 4.90 Å². The molecule has 0 aliphatic carbocycles. The van der Waals surface area contributed by atoms with E-state index in [1.165, 1.54) is 12.1 Å². The fourth-order valence-corrected chi connectivity index (χ4v) is 3.38. The van der Waals surface area contributed by atoms with E-state index in [4.69, 9.17) is 0 Å². The Hall–Kier alpha value is -2.73. The van der Waals surface area contributed by atoms with Crippen molar-refractivity contribution in [2.75, 3.05) is 40.3 Å². The number of carbonyl (C=O) groups is 2. The minimum atomic E-state index is -0.505. The molecule has 3 rings (SSSR count). The van der Waals surface area contributed by atoms with Gasteiger partial charge in [-0.15, -0.1) is 0 Å². The smallest absolute Gasteiger partial charge is 0.256 e. The Bertz CT molecular complexity index is 802. The van der Waals surface area contributed by atoms with Gasteiger partial charge in [0.15, 0.2) is 0 Å². The van der Waals surface area contributed by atoms with Gasteiger partial charge in [0, 0.05) is 40.3 Å². The Labute approximate surface area is 159 Å². The zero-order valence-corrected chi connectivity index (χ0v) is 15.6. The van der Waals surface area contributed by atoms with Crippen LogP contribution in [0.2, 0.25) is 0 Å². The van der Waals surface area contributed by atoms with Crippen LogP contribution in [0.4, 0.5) is 4.39 Å². The fourth-order valence-electron chi connectivity index (χ4n) is 3.38. The van der Waals surface area contributed by atoms with Crippen LogP contribution in [0.5, 0.6) is 0 Å². The SMILES string of the molecule is CN(C)C(=O)C(c1ccccc1)N1CCN(C(=O)c2ccccc2F)CC1. The molecular formula is C21H24FN3O2. The van der Waals surface area contributed by atoms with Gasteiger partial charge in [-0.1, -0.05) is 42.5 Å². The molecule has 0 spiro atoms. The van der Waals surface area contributed by atoms with Crippen LogP contribution < -0.4 is 0 Å². The molecule has 0 aromatic heterocycles. The van der Waals surface area contributed by atoms with Gasteiger partial charge in [-0.3, -0.25) is 14.5 Å². The van der Waals surface area contributed by atoms with Crippen LogP contribution in [-0.4, -0.2) is 66.8 Å². The number of benzene rings is 2. The molecule has 0 N–H and O–H groups in total. The molecular weight excluding hydrogens is 345 g/mol. The Morgan fingerprint density at radius 2 is 1.52 bits per heavy atom. The summed E-state index contributed by atoms with van der Waals surface area (Å²) in [4.78, 5) is 30.7. The molecule has 1 aliphatic heterocycles. The largest absolute Gasteiger partial charge is 0.347 e. The van der Waals surface area contributed by atoms with Crippen LogP contribution >= 0.6 is 0 Å². The molecule has 1 aliphatic rings. The lowest BCUT2D eigenvalue weighted by Gasteiger charge is -2.39. The number of nitrogens with zero attached hydrogens (tertiary/aromatic N) is 3. The lowest BCUT2D eigenvalue weighted by molar-refractivity contribution is -0.135. The number of hydrogen-bond acceptors (Lipinski definition) is 3. The number of rotatable bonds is 4. The second-order valence-corrected chi connectivity index (χ2v) is 6.85. The highest BCUT2D eigenvalue weighted by atomic mass is 19.1. The first-order valence-electron chi connectivity index (χ1n) is 9.03. The molecule has 1 saturated heterocycles. The molecule has 5 nitrogen and oxygen atoms in total. The Morgan fingerprint density at radius 1 is 0.926 bits per heavy atom. The number of halogens is 1. The van der Waals surface area contributed by atoms with Crippen LogP contribution in [-0.2, 0) is 4.79 Å². The van der Waals surface area contributed by atoms with Crippen LogP contribution in [0.15, 0.2) is 54.6 Å². The second kappa shape index (κ2) is 8.31. The normalized spacial score (nSPS) is 16.0. The highest BCUT2D eigenvalue weighted by molar-refractivity contribution is 5.94. The van der Waals surface area contributed by atoms with Crippen LogP contribution in [0.25, 0.3) is 0 Å². The first-order chi connectivity index (χ1) is 13.0. The second-order valence-electron chi connectivity index (χ2n) is 6.85. The van der Waals surface area contributed by atoms with Gasteiger partial charge < -0.3 is 9.80 Å². The van der Waals surface area contributed by atoms with E-state index in [9.17, 15) is 14.0 Å². The highest BCUT2D eigenvalue weighted by Crippen LogP contribution is 2.24. The summed E-state index contributed by atoms with van der Waals surface area (Å²) in [6.45, 7) is 2.02. The molecule has 27 heavy (non-hydrogen) atoms. The van der Waals surface area contributed by atoms with Gasteiger partial charge in [-0.05, 0) is 17.7 Å². The average molecular weight is 369 g/mol. The van der Waals surface area contributed by atoms with Crippen molar-refractivity contribution in [1.29, 1.82) is 0 Å². The number of likely N-dealkylation sites (N-methyl/N-ethyl adjacent to an activating group) is 1. The van der Waals surface area contributed by atoms with Gasteiger partial charge in [0.25, 0.3) is 5.91 Å². The van der Waals surface area contributed by atoms with Crippen molar-refractivity contribution in [2.24, 2.45) is 0 Å². The Morgan fingerprint density at radius 3 is 2.11 bits per heavy atom. The van der Waals surface area contributed by atoms with Crippen molar-refractivity contribution in [3.63, 3.8) is 0 Å². The van der Waals surface area contributed by atoms with Gasteiger partial charge in [0.2, 0.25) is 5.91 Å². The van der Waals surface area contributed by atoms with E-state index in [0.29, 0.717) is 26.2 Å². The van der Waals surface area contributed by atoms with Crippen molar-refractivity contribution in [1.82, 2.24) is 14.7 Å². The molecule has 2 amide bonds. The molecule has 1 heterocycles. The summed E-state index contributed by atoms with van der Waals surface area (Å²) < 4.78 is 13.9. The van der Waals surface area contributed by atoms with E-state index in [1.807, 2.05) is 30.3 Å². The summed E-state index contributed by atoms with van der Waals surface area (Å²) in [7, 11) is 3.49. The van der Waals surface area contributed by atoms with Gasteiger partial charge in [-0.2, -0.15) is 0 Å². The number of amides is 2. The van der Waals surface area contributed by atoms with E-state index in [-0.39, 0.29) is 23.4 Å². The van der Waals surface area contributed by atoms with Crippen LogP contribution in [0.3, 0.4) is 0 Å². The molecule has 142 valence electrons. The highest BCUT2D eigenvalue weighted by Gasteiger charge is 2.33. The van der Waals surface area contributed by atoms with Gasteiger partial charge >= 0.3 is 0 Å².